The highest BCUT2D eigenvalue weighted by atomic mass is 127. The third-order valence-electron chi connectivity index (χ3n) is 6.36. The smallest absolute Gasteiger partial charge is 0.191 e. The fraction of sp³-hybridized carbons (Fsp3) is 0.955. The van der Waals surface area contributed by atoms with Crippen molar-refractivity contribution >= 4 is 29.9 Å². The van der Waals surface area contributed by atoms with Crippen LogP contribution in [0.1, 0.15) is 58.3 Å². The Kier molecular flexibility index (Phi) is 12.8. The van der Waals surface area contributed by atoms with Gasteiger partial charge < -0.3 is 25.0 Å². The number of aliphatic imine (C=N–C) groups is 1. The van der Waals surface area contributed by atoms with Gasteiger partial charge >= 0.3 is 0 Å². The summed E-state index contributed by atoms with van der Waals surface area (Å²) < 4.78 is 11.3. The van der Waals surface area contributed by atoms with Gasteiger partial charge in [0.15, 0.2) is 5.96 Å². The molecule has 2 saturated heterocycles. The quantitative estimate of drug-likeness (QED) is 0.200. The first-order valence-corrected chi connectivity index (χ1v) is 11.8. The van der Waals surface area contributed by atoms with Crippen LogP contribution in [0, 0.1) is 11.8 Å². The summed E-state index contributed by atoms with van der Waals surface area (Å²) in [6, 6.07) is 0.531. The predicted molar refractivity (Wildman–Crippen MR) is 130 cm³/mol. The third kappa shape index (κ3) is 9.70. The Morgan fingerprint density at radius 3 is 2.66 bits per heavy atom. The normalized spacial score (nSPS) is 24.6. The number of hydrogen-bond acceptors (Lipinski definition) is 4. The summed E-state index contributed by atoms with van der Waals surface area (Å²) in [7, 11) is 0. The van der Waals surface area contributed by atoms with E-state index in [-0.39, 0.29) is 24.0 Å². The van der Waals surface area contributed by atoms with Gasteiger partial charge in [-0.1, -0.05) is 12.8 Å². The summed E-state index contributed by atoms with van der Waals surface area (Å²) in [5, 5.41) is 7.06. The van der Waals surface area contributed by atoms with Crippen molar-refractivity contribution in [3.8, 4) is 0 Å². The number of nitrogens with zero attached hydrogens (tertiary/aromatic N) is 2. The minimum Gasteiger partial charge on any atom is -0.381 e. The molecule has 6 nitrogen and oxygen atoms in total. The Morgan fingerprint density at radius 1 is 1.10 bits per heavy atom. The molecule has 7 heteroatoms. The Balaban J connectivity index is 0.00000300. The SMILES string of the molecule is CCNC(=NCCCOCC1CCOCC1)NC1CCN(CC2CCCC2)C1.I. The summed E-state index contributed by atoms with van der Waals surface area (Å²) in [4.78, 5) is 7.42. The van der Waals surface area contributed by atoms with Crippen LogP contribution in [0.25, 0.3) is 0 Å². The van der Waals surface area contributed by atoms with Crippen LogP contribution in [-0.4, -0.2) is 76.1 Å². The first-order chi connectivity index (χ1) is 13.8. The van der Waals surface area contributed by atoms with Crippen molar-refractivity contribution in [1.29, 1.82) is 0 Å². The summed E-state index contributed by atoms with van der Waals surface area (Å²) in [5.41, 5.74) is 0. The van der Waals surface area contributed by atoms with E-state index < -0.39 is 0 Å². The molecule has 2 aliphatic heterocycles. The maximum absolute atomic E-state index is 5.85. The van der Waals surface area contributed by atoms with Crippen molar-refractivity contribution in [2.24, 2.45) is 16.8 Å². The standard InChI is InChI=1S/C22H42N4O2.HI/c1-2-23-22(24-11-5-13-28-18-20-9-14-27-15-10-20)25-21-8-12-26(17-21)16-19-6-3-4-7-19;/h19-21H,2-18H2,1H3,(H2,23,24,25);1H. The van der Waals surface area contributed by atoms with E-state index in [0.29, 0.717) is 12.0 Å². The molecule has 1 saturated carbocycles. The van der Waals surface area contributed by atoms with Gasteiger partial charge in [0.05, 0.1) is 0 Å². The topological polar surface area (TPSA) is 58.1 Å². The van der Waals surface area contributed by atoms with Crippen LogP contribution >= 0.6 is 24.0 Å². The zero-order valence-electron chi connectivity index (χ0n) is 18.4. The third-order valence-corrected chi connectivity index (χ3v) is 6.36. The fourth-order valence-corrected chi connectivity index (χ4v) is 4.71. The first-order valence-electron chi connectivity index (χ1n) is 11.8. The molecular weight excluding hydrogens is 479 g/mol. The molecule has 0 amide bonds. The Bertz CT molecular complexity index is 454. The van der Waals surface area contributed by atoms with Gasteiger partial charge in [0.1, 0.15) is 0 Å². The minimum absolute atomic E-state index is 0. The Morgan fingerprint density at radius 2 is 1.90 bits per heavy atom. The van der Waals surface area contributed by atoms with Crippen molar-refractivity contribution < 1.29 is 9.47 Å². The lowest BCUT2D eigenvalue weighted by Crippen LogP contribution is -2.45. The van der Waals surface area contributed by atoms with Crippen LogP contribution in [0.5, 0.6) is 0 Å². The molecule has 3 rings (SSSR count). The van der Waals surface area contributed by atoms with Gasteiger partial charge in [-0.25, -0.2) is 0 Å². The van der Waals surface area contributed by atoms with E-state index in [1.54, 1.807) is 0 Å². The molecule has 1 unspecified atom stereocenters. The first kappa shape index (κ1) is 25.1. The van der Waals surface area contributed by atoms with Crippen LogP contribution in [0.15, 0.2) is 4.99 Å². The van der Waals surface area contributed by atoms with E-state index in [2.05, 4.69) is 22.5 Å². The van der Waals surface area contributed by atoms with E-state index in [9.17, 15) is 0 Å². The van der Waals surface area contributed by atoms with Crippen LogP contribution in [0.3, 0.4) is 0 Å². The maximum atomic E-state index is 5.85. The predicted octanol–water partition coefficient (Wildman–Crippen LogP) is 3.26. The maximum Gasteiger partial charge on any atom is 0.191 e. The summed E-state index contributed by atoms with van der Waals surface area (Å²) in [6.45, 7) is 11.0. The fourth-order valence-electron chi connectivity index (χ4n) is 4.71. The van der Waals surface area contributed by atoms with Gasteiger partial charge in [-0.3, -0.25) is 4.99 Å². The van der Waals surface area contributed by atoms with Gasteiger partial charge in [-0.15, -0.1) is 24.0 Å². The van der Waals surface area contributed by atoms with Gasteiger partial charge in [0.25, 0.3) is 0 Å². The van der Waals surface area contributed by atoms with E-state index in [4.69, 9.17) is 14.5 Å². The van der Waals surface area contributed by atoms with Crippen LogP contribution in [0.2, 0.25) is 0 Å². The molecule has 0 bridgehead atoms. The van der Waals surface area contributed by atoms with Gasteiger partial charge in [-0.2, -0.15) is 0 Å². The number of hydrogen-bond donors (Lipinski definition) is 2. The number of nitrogens with one attached hydrogen (secondary N) is 2. The van der Waals surface area contributed by atoms with Crippen molar-refractivity contribution in [1.82, 2.24) is 15.5 Å². The van der Waals surface area contributed by atoms with Gasteiger partial charge in [0, 0.05) is 65.2 Å². The second-order valence-corrected chi connectivity index (χ2v) is 8.78. The summed E-state index contributed by atoms with van der Waals surface area (Å²) in [5.74, 6) is 2.60. The van der Waals surface area contributed by atoms with Gasteiger partial charge in [-0.05, 0) is 57.3 Å². The van der Waals surface area contributed by atoms with Crippen molar-refractivity contribution in [2.75, 3.05) is 59.2 Å². The van der Waals surface area contributed by atoms with Crippen LogP contribution < -0.4 is 10.6 Å². The largest absolute Gasteiger partial charge is 0.381 e. The van der Waals surface area contributed by atoms with Crippen molar-refractivity contribution in [3.05, 3.63) is 0 Å². The number of ether oxygens (including phenoxy) is 2. The monoisotopic (exact) mass is 522 g/mol. The molecule has 0 aromatic heterocycles. The average molecular weight is 523 g/mol. The molecule has 0 aromatic carbocycles. The van der Waals surface area contributed by atoms with E-state index in [0.717, 1.165) is 77.2 Å². The molecule has 1 atom stereocenters. The van der Waals surface area contributed by atoms with Gasteiger partial charge in [0.2, 0.25) is 0 Å². The molecule has 3 fully saturated rings. The number of likely N-dealkylation sites (tertiary alicyclic amines) is 1. The molecular formula is C22H43IN4O2. The molecule has 3 aliphatic rings. The van der Waals surface area contributed by atoms with E-state index in [1.165, 1.54) is 45.2 Å². The zero-order chi connectivity index (χ0) is 19.4. The second kappa shape index (κ2) is 14.8. The lowest BCUT2D eigenvalue weighted by Gasteiger charge is -2.22. The lowest BCUT2D eigenvalue weighted by molar-refractivity contribution is 0.0205. The molecule has 170 valence electrons. The molecule has 0 aromatic rings. The highest BCUT2D eigenvalue weighted by Gasteiger charge is 2.26. The number of guanidine groups is 1. The second-order valence-electron chi connectivity index (χ2n) is 8.78. The summed E-state index contributed by atoms with van der Waals surface area (Å²) in [6.07, 6.45) is 10.3. The number of halogens is 1. The zero-order valence-corrected chi connectivity index (χ0v) is 20.7. The molecule has 29 heavy (non-hydrogen) atoms. The molecule has 0 radical (unpaired) electrons. The molecule has 0 spiro atoms. The molecule has 2 heterocycles. The summed E-state index contributed by atoms with van der Waals surface area (Å²) >= 11 is 0. The van der Waals surface area contributed by atoms with Crippen molar-refractivity contribution in [2.45, 2.75) is 64.3 Å². The van der Waals surface area contributed by atoms with Crippen LogP contribution in [0.4, 0.5) is 0 Å². The average Bonchev–Trinajstić information content (AvgIpc) is 3.38. The van der Waals surface area contributed by atoms with Crippen LogP contribution in [-0.2, 0) is 9.47 Å². The minimum atomic E-state index is 0. The van der Waals surface area contributed by atoms with E-state index >= 15 is 0 Å². The highest BCUT2D eigenvalue weighted by molar-refractivity contribution is 14.0. The Labute approximate surface area is 195 Å². The number of rotatable bonds is 10. The lowest BCUT2D eigenvalue weighted by atomic mass is 10.0. The van der Waals surface area contributed by atoms with Crippen molar-refractivity contribution in [3.63, 3.8) is 0 Å². The van der Waals surface area contributed by atoms with E-state index in [1.807, 2.05) is 0 Å². The highest BCUT2D eigenvalue weighted by Crippen LogP contribution is 2.26. The molecule has 2 N–H and O–H groups in total. The molecule has 1 aliphatic carbocycles. The Hall–Kier alpha value is -0.120.